The molecule has 4 nitrogen and oxygen atoms in total. The summed E-state index contributed by atoms with van der Waals surface area (Å²) < 4.78 is 0. The Morgan fingerprint density at radius 1 is 1.03 bits per heavy atom. The van der Waals surface area contributed by atoms with Crippen molar-refractivity contribution in [1.29, 1.82) is 0 Å². The molecule has 2 aromatic rings. The molecule has 2 aromatic carbocycles. The summed E-state index contributed by atoms with van der Waals surface area (Å²) in [6.07, 6.45) is 3.11. The van der Waals surface area contributed by atoms with Crippen LogP contribution >= 0.6 is 0 Å². The lowest BCUT2D eigenvalue weighted by Crippen LogP contribution is -2.41. The van der Waals surface area contributed by atoms with Crippen LogP contribution in [0.4, 0.5) is 0 Å². The summed E-state index contributed by atoms with van der Waals surface area (Å²) in [4.78, 5) is 15.6. The highest BCUT2D eigenvalue weighted by atomic mass is 16.2. The van der Waals surface area contributed by atoms with Crippen LogP contribution in [0.3, 0.4) is 0 Å². The minimum atomic E-state index is -0.0256. The summed E-state index contributed by atoms with van der Waals surface area (Å²) in [5.41, 5.74) is 5.71. The topological polar surface area (TPSA) is 35.9 Å². The average Bonchev–Trinajstić information content (AvgIpc) is 3.16. The number of nitrogens with zero attached hydrogens (tertiary/aromatic N) is 3. The first kappa shape index (κ1) is 19.8. The van der Waals surface area contributed by atoms with Crippen molar-refractivity contribution in [2.45, 2.75) is 46.1 Å². The molecule has 0 aromatic heterocycles. The SMILES string of the molecule is Cc1ccc([C@H]2CC(c3cccc(C)c3)=NN2C(=O)CN2CCC(C)CC2)cc1. The third-order valence-corrected chi connectivity index (χ3v) is 6.21. The van der Waals surface area contributed by atoms with Crippen LogP contribution in [0.15, 0.2) is 53.6 Å². The molecule has 4 rings (SSSR count). The molecule has 0 N–H and O–H groups in total. The van der Waals surface area contributed by atoms with Gasteiger partial charge in [0.1, 0.15) is 0 Å². The van der Waals surface area contributed by atoms with Crippen molar-refractivity contribution in [3.05, 3.63) is 70.8 Å². The Hall–Kier alpha value is -2.46. The number of carbonyl (C=O) groups is 1. The minimum Gasteiger partial charge on any atom is -0.294 e. The summed E-state index contributed by atoms with van der Waals surface area (Å²) in [5.74, 6) is 0.868. The van der Waals surface area contributed by atoms with Crippen molar-refractivity contribution in [2.24, 2.45) is 11.0 Å². The standard InChI is InChI=1S/C25H31N3O/c1-18-7-9-21(10-8-18)24-16-23(22-6-4-5-20(3)15-22)26-28(24)25(29)17-27-13-11-19(2)12-14-27/h4-10,15,19,24H,11-14,16-17H2,1-3H3/t24-/m1/s1. The van der Waals surface area contributed by atoms with Gasteiger partial charge in [-0.1, -0.05) is 66.6 Å². The van der Waals surface area contributed by atoms with E-state index < -0.39 is 0 Å². The molecule has 0 unspecified atom stereocenters. The van der Waals surface area contributed by atoms with E-state index in [0.29, 0.717) is 6.54 Å². The molecule has 0 radical (unpaired) electrons. The number of hydrogen-bond acceptors (Lipinski definition) is 3. The predicted octanol–water partition coefficient (Wildman–Crippen LogP) is 4.71. The van der Waals surface area contributed by atoms with Gasteiger partial charge in [-0.15, -0.1) is 0 Å². The second-order valence-electron chi connectivity index (χ2n) is 8.74. The normalized spacial score (nSPS) is 20.7. The Labute approximate surface area is 174 Å². The number of carbonyl (C=O) groups excluding carboxylic acids is 1. The van der Waals surface area contributed by atoms with Gasteiger partial charge in [-0.3, -0.25) is 9.69 Å². The molecule has 2 aliphatic heterocycles. The highest BCUT2D eigenvalue weighted by molar-refractivity contribution is 6.03. The zero-order valence-corrected chi connectivity index (χ0v) is 17.8. The molecular weight excluding hydrogens is 358 g/mol. The van der Waals surface area contributed by atoms with E-state index in [1.807, 2.05) is 0 Å². The van der Waals surface area contributed by atoms with E-state index in [1.54, 1.807) is 5.01 Å². The van der Waals surface area contributed by atoms with Gasteiger partial charge in [0, 0.05) is 6.42 Å². The molecule has 0 aliphatic carbocycles. The lowest BCUT2D eigenvalue weighted by Gasteiger charge is -2.31. The van der Waals surface area contributed by atoms with E-state index >= 15 is 0 Å². The van der Waals surface area contributed by atoms with Gasteiger partial charge in [0.15, 0.2) is 0 Å². The van der Waals surface area contributed by atoms with Crippen molar-refractivity contribution in [2.75, 3.05) is 19.6 Å². The molecule has 2 heterocycles. The first-order chi connectivity index (χ1) is 14.0. The van der Waals surface area contributed by atoms with E-state index in [1.165, 1.54) is 24.0 Å². The number of piperidine rings is 1. The lowest BCUT2D eigenvalue weighted by atomic mass is 9.97. The summed E-state index contributed by atoms with van der Waals surface area (Å²) in [6.45, 7) is 8.95. The molecule has 0 spiro atoms. The van der Waals surface area contributed by atoms with Crippen LogP contribution in [0.1, 0.15) is 54.5 Å². The number of likely N-dealkylation sites (tertiary alicyclic amines) is 1. The Kier molecular flexibility index (Phi) is 5.81. The number of aryl methyl sites for hydroxylation is 2. The van der Waals surface area contributed by atoms with Crippen LogP contribution in [0.2, 0.25) is 0 Å². The summed E-state index contributed by atoms with van der Waals surface area (Å²) in [7, 11) is 0. The van der Waals surface area contributed by atoms with Gasteiger partial charge < -0.3 is 0 Å². The molecule has 0 saturated carbocycles. The first-order valence-electron chi connectivity index (χ1n) is 10.7. The Morgan fingerprint density at radius 3 is 2.45 bits per heavy atom. The zero-order valence-electron chi connectivity index (χ0n) is 17.8. The maximum atomic E-state index is 13.3. The van der Waals surface area contributed by atoms with Crippen molar-refractivity contribution < 1.29 is 4.79 Å². The van der Waals surface area contributed by atoms with Gasteiger partial charge in [-0.25, -0.2) is 5.01 Å². The smallest absolute Gasteiger partial charge is 0.257 e. The van der Waals surface area contributed by atoms with Gasteiger partial charge in [0.2, 0.25) is 0 Å². The third-order valence-electron chi connectivity index (χ3n) is 6.21. The molecule has 2 aliphatic rings. The summed E-state index contributed by atoms with van der Waals surface area (Å²) in [5, 5.41) is 6.58. The van der Waals surface area contributed by atoms with Gasteiger partial charge in [0.25, 0.3) is 5.91 Å². The van der Waals surface area contributed by atoms with Crippen LogP contribution in [0, 0.1) is 19.8 Å². The van der Waals surface area contributed by atoms with Crippen LogP contribution < -0.4 is 0 Å². The molecule has 1 atom stereocenters. The monoisotopic (exact) mass is 389 g/mol. The van der Waals surface area contributed by atoms with Gasteiger partial charge in [0.05, 0.1) is 18.3 Å². The van der Waals surface area contributed by atoms with Crippen molar-refractivity contribution in [3.63, 3.8) is 0 Å². The number of benzene rings is 2. The first-order valence-corrected chi connectivity index (χ1v) is 10.7. The molecule has 1 fully saturated rings. The second kappa shape index (κ2) is 8.50. The molecule has 4 heteroatoms. The van der Waals surface area contributed by atoms with Crippen LogP contribution in [-0.2, 0) is 4.79 Å². The van der Waals surface area contributed by atoms with E-state index in [4.69, 9.17) is 5.10 Å². The lowest BCUT2D eigenvalue weighted by molar-refractivity contribution is -0.134. The van der Waals surface area contributed by atoms with E-state index in [2.05, 4.69) is 74.2 Å². The van der Waals surface area contributed by atoms with Crippen molar-refractivity contribution >= 4 is 11.6 Å². The van der Waals surface area contributed by atoms with Crippen molar-refractivity contribution in [3.8, 4) is 0 Å². The molecule has 0 bridgehead atoms. The van der Waals surface area contributed by atoms with Crippen LogP contribution in [0.5, 0.6) is 0 Å². The maximum absolute atomic E-state index is 13.3. The highest BCUT2D eigenvalue weighted by Crippen LogP contribution is 2.33. The number of hydrazone groups is 1. The quantitative estimate of drug-likeness (QED) is 0.759. The van der Waals surface area contributed by atoms with Gasteiger partial charge in [-0.2, -0.15) is 5.10 Å². The fourth-order valence-corrected chi connectivity index (χ4v) is 4.27. The predicted molar refractivity (Wildman–Crippen MR) is 118 cm³/mol. The average molecular weight is 390 g/mol. The highest BCUT2D eigenvalue weighted by Gasteiger charge is 2.34. The van der Waals surface area contributed by atoms with Crippen LogP contribution in [0.25, 0.3) is 0 Å². The van der Waals surface area contributed by atoms with E-state index in [0.717, 1.165) is 42.3 Å². The largest absolute Gasteiger partial charge is 0.294 e. The molecular formula is C25H31N3O. The fraction of sp³-hybridized carbons (Fsp3) is 0.440. The van der Waals surface area contributed by atoms with Gasteiger partial charge in [-0.05, 0) is 56.8 Å². The number of rotatable bonds is 4. The molecule has 1 amide bonds. The molecule has 29 heavy (non-hydrogen) atoms. The molecule has 1 saturated heterocycles. The number of hydrogen-bond donors (Lipinski definition) is 0. The fourth-order valence-electron chi connectivity index (χ4n) is 4.27. The van der Waals surface area contributed by atoms with E-state index in [-0.39, 0.29) is 11.9 Å². The second-order valence-corrected chi connectivity index (χ2v) is 8.74. The van der Waals surface area contributed by atoms with Gasteiger partial charge >= 0.3 is 0 Å². The summed E-state index contributed by atoms with van der Waals surface area (Å²) >= 11 is 0. The zero-order chi connectivity index (χ0) is 20.4. The van der Waals surface area contributed by atoms with Crippen molar-refractivity contribution in [1.82, 2.24) is 9.91 Å². The minimum absolute atomic E-state index is 0.0256. The summed E-state index contributed by atoms with van der Waals surface area (Å²) in [6, 6.07) is 16.9. The van der Waals surface area contributed by atoms with Crippen LogP contribution in [-0.4, -0.2) is 41.2 Å². The third kappa shape index (κ3) is 4.59. The Morgan fingerprint density at radius 2 is 1.76 bits per heavy atom. The maximum Gasteiger partial charge on any atom is 0.257 e. The number of amides is 1. The van der Waals surface area contributed by atoms with E-state index in [9.17, 15) is 4.79 Å². The molecule has 152 valence electrons. The Balaban J connectivity index is 1.58. The Bertz CT molecular complexity index is 895.